The molecule has 0 saturated carbocycles. The molecule has 0 spiro atoms. The van der Waals surface area contributed by atoms with E-state index in [4.69, 9.17) is 4.74 Å². The molecule has 1 aromatic carbocycles. The van der Waals surface area contributed by atoms with Gasteiger partial charge in [0, 0.05) is 12.6 Å². The van der Waals surface area contributed by atoms with Gasteiger partial charge in [0.25, 0.3) is 0 Å². The zero-order valence-electron chi connectivity index (χ0n) is 13.8. The van der Waals surface area contributed by atoms with Gasteiger partial charge in [0.1, 0.15) is 5.75 Å². The molecule has 23 heavy (non-hydrogen) atoms. The van der Waals surface area contributed by atoms with Gasteiger partial charge in [-0.3, -0.25) is 15.0 Å². The first kappa shape index (κ1) is 17.3. The molecular formula is C17H25N3O3. The van der Waals surface area contributed by atoms with E-state index >= 15 is 0 Å². The van der Waals surface area contributed by atoms with E-state index in [0.29, 0.717) is 12.6 Å². The highest BCUT2D eigenvalue weighted by Gasteiger charge is 2.27. The van der Waals surface area contributed by atoms with E-state index in [1.807, 2.05) is 25.1 Å². The van der Waals surface area contributed by atoms with Crippen LogP contribution in [0.4, 0.5) is 4.79 Å². The number of imide groups is 1. The highest BCUT2D eigenvalue weighted by Crippen LogP contribution is 2.25. The summed E-state index contributed by atoms with van der Waals surface area (Å²) in [6.45, 7) is 3.44. The molecule has 0 radical (unpaired) electrons. The number of para-hydroxylation sites is 1. The Balaban J connectivity index is 1.92. The maximum atomic E-state index is 12.0. The van der Waals surface area contributed by atoms with Gasteiger partial charge in [-0.15, -0.1) is 0 Å². The fraction of sp³-hybridized carbons (Fsp3) is 0.529. The number of hydrogen-bond acceptors (Lipinski definition) is 4. The van der Waals surface area contributed by atoms with Crippen LogP contribution in [0, 0.1) is 0 Å². The van der Waals surface area contributed by atoms with Crippen LogP contribution in [-0.2, 0) is 11.2 Å². The highest BCUT2D eigenvalue weighted by atomic mass is 16.5. The van der Waals surface area contributed by atoms with E-state index in [-0.39, 0.29) is 12.5 Å². The molecule has 1 aliphatic rings. The largest absolute Gasteiger partial charge is 0.496 e. The number of nitrogens with zero attached hydrogens (tertiary/aromatic N) is 1. The molecular weight excluding hydrogens is 294 g/mol. The van der Waals surface area contributed by atoms with E-state index < -0.39 is 6.03 Å². The molecule has 1 atom stereocenters. The fourth-order valence-electron chi connectivity index (χ4n) is 3.02. The summed E-state index contributed by atoms with van der Waals surface area (Å²) >= 11 is 0. The standard InChI is InChI=1S/C17H25N3O3/c1-3-18-17(22)19-16(21)12-20-10-6-8-14(20)11-13-7-4-5-9-15(13)23-2/h4-5,7,9,14H,3,6,8,10-12H2,1-2H3,(H2,18,19,21,22). The number of carbonyl (C=O) groups excluding carboxylic acids is 2. The molecule has 1 fully saturated rings. The SMILES string of the molecule is CCNC(=O)NC(=O)CN1CCCC1Cc1ccccc1OC. The monoisotopic (exact) mass is 319 g/mol. The minimum absolute atomic E-state index is 0.247. The third-order valence-corrected chi connectivity index (χ3v) is 4.08. The summed E-state index contributed by atoms with van der Waals surface area (Å²) in [5.41, 5.74) is 1.15. The molecule has 1 heterocycles. The molecule has 1 saturated heterocycles. The van der Waals surface area contributed by atoms with Gasteiger partial charge in [0.15, 0.2) is 0 Å². The Kier molecular flexibility index (Phi) is 6.40. The Morgan fingerprint density at radius 3 is 2.87 bits per heavy atom. The topological polar surface area (TPSA) is 70.7 Å². The predicted octanol–water partition coefficient (Wildman–Crippen LogP) is 1.55. The molecule has 1 unspecified atom stereocenters. The normalized spacial score (nSPS) is 17.7. The van der Waals surface area contributed by atoms with Gasteiger partial charge in [-0.1, -0.05) is 18.2 Å². The molecule has 2 rings (SSSR count). The van der Waals surface area contributed by atoms with E-state index in [2.05, 4.69) is 21.6 Å². The van der Waals surface area contributed by atoms with Crippen LogP contribution in [0.3, 0.4) is 0 Å². The van der Waals surface area contributed by atoms with Crippen molar-refractivity contribution in [2.24, 2.45) is 0 Å². The van der Waals surface area contributed by atoms with Gasteiger partial charge in [-0.25, -0.2) is 4.79 Å². The molecule has 0 aliphatic carbocycles. The van der Waals surface area contributed by atoms with Crippen molar-refractivity contribution >= 4 is 11.9 Å². The number of urea groups is 1. The van der Waals surface area contributed by atoms with Crippen molar-refractivity contribution in [2.45, 2.75) is 32.2 Å². The Morgan fingerprint density at radius 1 is 1.35 bits per heavy atom. The first-order valence-electron chi connectivity index (χ1n) is 8.07. The van der Waals surface area contributed by atoms with Crippen LogP contribution in [0.25, 0.3) is 0 Å². The second-order valence-corrected chi connectivity index (χ2v) is 5.69. The number of methoxy groups -OCH3 is 1. The van der Waals surface area contributed by atoms with Crippen LogP contribution in [0.1, 0.15) is 25.3 Å². The fourth-order valence-corrected chi connectivity index (χ4v) is 3.02. The van der Waals surface area contributed by atoms with Crippen LogP contribution < -0.4 is 15.4 Å². The maximum Gasteiger partial charge on any atom is 0.321 e. The van der Waals surface area contributed by atoms with Crippen LogP contribution in [0.5, 0.6) is 5.75 Å². The first-order chi connectivity index (χ1) is 11.1. The van der Waals surface area contributed by atoms with E-state index in [1.165, 1.54) is 0 Å². The number of benzene rings is 1. The second-order valence-electron chi connectivity index (χ2n) is 5.69. The van der Waals surface area contributed by atoms with E-state index in [9.17, 15) is 9.59 Å². The summed E-state index contributed by atoms with van der Waals surface area (Å²) in [7, 11) is 1.67. The Bertz CT molecular complexity index is 548. The molecule has 126 valence electrons. The maximum absolute atomic E-state index is 12.0. The van der Waals surface area contributed by atoms with Crippen molar-refractivity contribution in [2.75, 3.05) is 26.7 Å². The van der Waals surface area contributed by atoms with Gasteiger partial charge in [0.05, 0.1) is 13.7 Å². The average molecular weight is 319 g/mol. The molecule has 1 aromatic rings. The number of nitrogens with one attached hydrogen (secondary N) is 2. The van der Waals surface area contributed by atoms with E-state index in [0.717, 1.165) is 37.1 Å². The molecule has 0 aromatic heterocycles. The summed E-state index contributed by atoms with van der Waals surface area (Å²) in [5, 5.41) is 4.92. The number of rotatable bonds is 6. The van der Waals surface area contributed by atoms with Gasteiger partial charge in [-0.2, -0.15) is 0 Å². The van der Waals surface area contributed by atoms with Crippen LogP contribution >= 0.6 is 0 Å². The lowest BCUT2D eigenvalue weighted by atomic mass is 10.0. The van der Waals surface area contributed by atoms with Crippen LogP contribution in [0.15, 0.2) is 24.3 Å². The van der Waals surface area contributed by atoms with Crippen molar-refractivity contribution in [3.05, 3.63) is 29.8 Å². The zero-order chi connectivity index (χ0) is 16.7. The molecule has 1 aliphatic heterocycles. The molecule has 6 heteroatoms. The summed E-state index contributed by atoms with van der Waals surface area (Å²) in [4.78, 5) is 25.5. The van der Waals surface area contributed by atoms with Crippen molar-refractivity contribution < 1.29 is 14.3 Å². The lowest BCUT2D eigenvalue weighted by Gasteiger charge is -2.24. The number of ether oxygens (including phenoxy) is 1. The summed E-state index contributed by atoms with van der Waals surface area (Å²) in [5.74, 6) is 0.619. The second kappa shape index (κ2) is 8.53. The first-order valence-corrected chi connectivity index (χ1v) is 8.07. The van der Waals surface area contributed by atoms with Crippen molar-refractivity contribution in [3.8, 4) is 5.75 Å². The van der Waals surface area contributed by atoms with Gasteiger partial charge in [0.2, 0.25) is 5.91 Å². The third kappa shape index (κ3) is 4.96. The average Bonchev–Trinajstić information content (AvgIpc) is 2.94. The van der Waals surface area contributed by atoms with Gasteiger partial charge in [-0.05, 0) is 44.4 Å². The molecule has 3 amide bonds. The molecule has 0 bridgehead atoms. The van der Waals surface area contributed by atoms with Crippen LogP contribution in [0.2, 0.25) is 0 Å². The minimum atomic E-state index is -0.432. The summed E-state index contributed by atoms with van der Waals surface area (Å²) < 4.78 is 5.40. The Hall–Kier alpha value is -2.08. The number of carbonyl (C=O) groups is 2. The number of hydrogen-bond donors (Lipinski definition) is 2. The van der Waals surface area contributed by atoms with Gasteiger partial charge >= 0.3 is 6.03 Å². The molecule has 6 nitrogen and oxygen atoms in total. The minimum Gasteiger partial charge on any atom is -0.496 e. The number of amides is 3. The van der Waals surface area contributed by atoms with E-state index in [1.54, 1.807) is 7.11 Å². The summed E-state index contributed by atoms with van der Waals surface area (Å²) in [6, 6.07) is 7.83. The van der Waals surface area contributed by atoms with Gasteiger partial charge < -0.3 is 10.1 Å². The lowest BCUT2D eigenvalue weighted by molar-refractivity contribution is -0.121. The zero-order valence-corrected chi connectivity index (χ0v) is 13.8. The predicted molar refractivity (Wildman–Crippen MR) is 88.5 cm³/mol. The van der Waals surface area contributed by atoms with Crippen molar-refractivity contribution in [3.63, 3.8) is 0 Å². The Morgan fingerprint density at radius 2 is 2.13 bits per heavy atom. The van der Waals surface area contributed by atoms with Crippen molar-refractivity contribution in [1.29, 1.82) is 0 Å². The Labute approximate surface area is 137 Å². The highest BCUT2D eigenvalue weighted by molar-refractivity contribution is 5.95. The van der Waals surface area contributed by atoms with Crippen molar-refractivity contribution in [1.82, 2.24) is 15.5 Å². The number of likely N-dealkylation sites (tertiary alicyclic amines) is 1. The van der Waals surface area contributed by atoms with Crippen LogP contribution in [-0.4, -0.2) is 49.6 Å². The quantitative estimate of drug-likeness (QED) is 0.834. The lowest BCUT2D eigenvalue weighted by Crippen LogP contribution is -2.45. The summed E-state index contributed by atoms with van der Waals surface area (Å²) in [6.07, 6.45) is 2.96. The molecule has 2 N–H and O–H groups in total. The third-order valence-electron chi connectivity index (χ3n) is 4.08. The smallest absolute Gasteiger partial charge is 0.321 e.